The van der Waals surface area contributed by atoms with E-state index in [0.717, 1.165) is 50.9 Å². The number of rotatable bonds is 4. The number of hydrogen-bond acceptors (Lipinski definition) is 5. The van der Waals surface area contributed by atoms with Crippen LogP contribution in [0.1, 0.15) is 0 Å². The van der Waals surface area contributed by atoms with Gasteiger partial charge in [0.05, 0.1) is 0 Å². The predicted octanol–water partition coefficient (Wildman–Crippen LogP) is 8.63. The van der Waals surface area contributed by atoms with E-state index in [0.29, 0.717) is 0 Å². The zero-order valence-electron chi connectivity index (χ0n) is 29.2. The summed E-state index contributed by atoms with van der Waals surface area (Å²) in [5.41, 5.74) is 3.22. The Morgan fingerprint density at radius 2 is 0.782 bits per heavy atom. The molecule has 0 fully saturated rings. The summed E-state index contributed by atoms with van der Waals surface area (Å²) in [5, 5.41) is 10.5. The molecule has 13 rings (SSSR count). The average Bonchev–Trinajstić information content (AvgIpc) is 3.81. The lowest BCUT2D eigenvalue weighted by Crippen LogP contribution is -2.75. The van der Waals surface area contributed by atoms with Crippen molar-refractivity contribution < 1.29 is 14.2 Å². The summed E-state index contributed by atoms with van der Waals surface area (Å²) < 4.78 is 25.8. The van der Waals surface area contributed by atoms with Gasteiger partial charge >= 0.3 is 0 Å². The number of fused-ring (bicyclic) bond motifs is 6. The maximum absolute atomic E-state index is 7.03. The summed E-state index contributed by atoms with van der Waals surface area (Å²) in [7, 11) is -3.21. The zero-order chi connectivity index (χ0) is 35.8. The predicted molar refractivity (Wildman–Crippen MR) is 234 cm³/mol. The van der Waals surface area contributed by atoms with Crippen molar-refractivity contribution in [3.05, 3.63) is 164 Å². The molecule has 10 aromatic rings. The molecule has 0 atom stereocenters. The molecule has 0 saturated carbocycles. The minimum atomic E-state index is -3.21. The summed E-state index contributed by atoms with van der Waals surface area (Å²) in [4.78, 5) is 0. The van der Waals surface area contributed by atoms with E-state index in [1.165, 1.54) is 61.1 Å². The van der Waals surface area contributed by atoms with E-state index in [2.05, 4.69) is 152 Å². The molecule has 0 radical (unpaired) electrons. The molecule has 55 heavy (non-hydrogen) atoms. The maximum atomic E-state index is 7.03. The molecular weight excluding hydrogens is 728 g/mol. The standard InChI is InChI=1S/C48H27BO3S2Si/c1-2-12-28(13-3-1)55(42-24-8-16-32-30-14-4-6-22-40(30)53-47(32)42,43-25-9-17-33-31-15-5-7-23-41(31)54-48(33)43)29-26-38-46-39(27-29)52-37-21-11-19-35-45(37)49(46)44-34(50-35)18-10-20-36(44)51-38/h1-27H. The fourth-order valence-corrected chi connectivity index (χ4v) is 18.1. The van der Waals surface area contributed by atoms with Crippen LogP contribution in [0.4, 0.5) is 0 Å². The van der Waals surface area contributed by atoms with Crippen molar-refractivity contribution in [2.24, 2.45) is 0 Å². The second-order valence-electron chi connectivity index (χ2n) is 14.6. The molecule has 3 aliphatic rings. The Bertz CT molecular complexity index is 3090. The van der Waals surface area contributed by atoms with E-state index in [9.17, 15) is 0 Å². The molecule has 5 heterocycles. The molecular formula is C48H27BO3S2Si. The first kappa shape index (κ1) is 30.2. The Labute approximate surface area is 325 Å². The van der Waals surface area contributed by atoms with Crippen LogP contribution in [0.5, 0.6) is 34.5 Å². The van der Waals surface area contributed by atoms with Gasteiger partial charge in [0, 0.05) is 56.7 Å². The van der Waals surface area contributed by atoms with Gasteiger partial charge in [0.25, 0.3) is 6.71 Å². The highest BCUT2D eigenvalue weighted by Crippen LogP contribution is 2.42. The third-order valence-corrected chi connectivity index (χ3v) is 19.5. The van der Waals surface area contributed by atoms with Crippen molar-refractivity contribution >= 4 is 115 Å². The first-order valence-corrected chi connectivity index (χ1v) is 22.2. The molecule has 0 unspecified atom stereocenters. The quantitative estimate of drug-likeness (QED) is 0.133. The largest absolute Gasteiger partial charge is 0.458 e. The van der Waals surface area contributed by atoms with Crippen LogP contribution in [-0.2, 0) is 0 Å². The lowest BCUT2D eigenvalue weighted by molar-refractivity contribution is 0.443. The van der Waals surface area contributed by atoms with E-state index in [1.807, 2.05) is 34.8 Å². The fourth-order valence-electron chi connectivity index (χ4n) is 9.74. The molecule has 2 aromatic heterocycles. The van der Waals surface area contributed by atoms with E-state index in [4.69, 9.17) is 14.2 Å². The van der Waals surface area contributed by atoms with Gasteiger partial charge in [-0.15, -0.1) is 22.7 Å². The van der Waals surface area contributed by atoms with Crippen LogP contribution < -0.4 is 51.3 Å². The molecule has 8 aromatic carbocycles. The SMILES string of the molecule is c1ccc([Si](c2cc3c4c(c2)Oc2cccc5c2B4c2c(cccc2O3)O5)(c2cccc3c2sc2ccccc23)c2cccc3c2sc2ccccc23)cc1. The summed E-state index contributed by atoms with van der Waals surface area (Å²) in [6, 6.07) is 60.0. The Kier molecular flexibility index (Phi) is 6.04. The van der Waals surface area contributed by atoms with Crippen molar-refractivity contribution in [2.75, 3.05) is 0 Å². The van der Waals surface area contributed by atoms with Crippen LogP contribution in [0.15, 0.2) is 164 Å². The third kappa shape index (κ3) is 3.94. The normalized spacial score (nSPS) is 13.5. The van der Waals surface area contributed by atoms with E-state index < -0.39 is 8.07 Å². The van der Waals surface area contributed by atoms with Gasteiger partial charge in [-0.1, -0.05) is 115 Å². The number of thiophene rings is 2. The van der Waals surface area contributed by atoms with E-state index in [-0.39, 0.29) is 6.71 Å². The highest BCUT2D eigenvalue weighted by Gasteiger charge is 2.50. The molecule has 0 bridgehead atoms. The van der Waals surface area contributed by atoms with Crippen LogP contribution in [0.25, 0.3) is 40.3 Å². The summed E-state index contributed by atoms with van der Waals surface area (Å²) >= 11 is 3.82. The molecule has 0 saturated heterocycles. The van der Waals surface area contributed by atoms with Crippen molar-refractivity contribution in [3.63, 3.8) is 0 Å². The minimum Gasteiger partial charge on any atom is -0.458 e. The molecule has 3 aliphatic heterocycles. The summed E-state index contributed by atoms with van der Waals surface area (Å²) in [6.45, 7) is -0.0439. The Hall–Kier alpha value is -6.12. The number of benzene rings is 8. The molecule has 0 spiro atoms. The fraction of sp³-hybridized carbons (Fsp3) is 0. The molecule has 0 N–H and O–H groups in total. The molecule has 0 aliphatic carbocycles. The van der Waals surface area contributed by atoms with E-state index >= 15 is 0 Å². The number of ether oxygens (including phenoxy) is 3. The van der Waals surface area contributed by atoms with Gasteiger partial charge in [-0.2, -0.15) is 0 Å². The lowest BCUT2D eigenvalue weighted by atomic mass is 9.34. The van der Waals surface area contributed by atoms with E-state index in [1.54, 1.807) is 0 Å². The van der Waals surface area contributed by atoms with Crippen molar-refractivity contribution in [1.82, 2.24) is 0 Å². The van der Waals surface area contributed by atoms with Crippen LogP contribution in [0, 0.1) is 0 Å². The lowest BCUT2D eigenvalue weighted by Gasteiger charge is -2.40. The van der Waals surface area contributed by atoms with Gasteiger partial charge in [0.1, 0.15) is 34.5 Å². The molecule has 0 amide bonds. The second-order valence-corrected chi connectivity index (χ2v) is 20.5. The second kappa shape index (κ2) is 11.0. The topological polar surface area (TPSA) is 27.7 Å². The zero-order valence-corrected chi connectivity index (χ0v) is 31.8. The van der Waals surface area contributed by atoms with Gasteiger partial charge in [-0.3, -0.25) is 0 Å². The smallest absolute Gasteiger partial charge is 0.270 e. The van der Waals surface area contributed by atoms with Crippen LogP contribution in [0.3, 0.4) is 0 Å². The van der Waals surface area contributed by atoms with Crippen LogP contribution >= 0.6 is 22.7 Å². The highest BCUT2D eigenvalue weighted by molar-refractivity contribution is 7.33. The van der Waals surface area contributed by atoms with Crippen molar-refractivity contribution in [2.45, 2.75) is 0 Å². The van der Waals surface area contributed by atoms with Gasteiger partial charge in [0.15, 0.2) is 8.07 Å². The van der Waals surface area contributed by atoms with Crippen LogP contribution in [0.2, 0.25) is 0 Å². The monoisotopic (exact) mass is 754 g/mol. The maximum Gasteiger partial charge on any atom is 0.270 e. The molecule has 7 heteroatoms. The highest BCUT2D eigenvalue weighted by atomic mass is 32.1. The minimum absolute atomic E-state index is 0.0439. The summed E-state index contributed by atoms with van der Waals surface area (Å²) in [5.74, 6) is 5.07. The first-order valence-electron chi connectivity index (χ1n) is 18.6. The van der Waals surface area contributed by atoms with Crippen molar-refractivity contribution in [1.29, 1.82) is 0 Å². The number of hydrogen-bond donors (Lipinski definition) is 0. The first-order chi connectivity index (χ1) is 27.3. The Morgan fingerprint density at radius 1 is 0.364 bits per heavy atom. The third-order valence-electron chi connectivity index (χ3n) is 11.9. The van der Waals surface area contributed by atoms with Crippen molar-refractivity contribution in [3.8, 4) is 34.5 Å². The van der Waals surface area contributed by atoms with Gasteiger partial charge in [-0.25, -0.2) is 0 Å². The van der Waals surface area contributed by atoms with Crippen LogP contribution in [-0.4, -0.2) is 14.8 Å². The Morgan fingerprint density at radius 3 is 1.31 bits per heavy atom. The summed E-state index contributed by atoms with van der Waals surface area (Å²) in [6.07, 6.45) is 0. The Balaban J connectivity index is 1.21. The molecule has 3 nitrogen and oxygen atoms in total. The van der Waals surface area contributed by atoms with Gasteiger partial charge < -0.3 is 14.2 Å². The van der Waals surface area contributed by atoms with Gasteiger partial charge in [0.2, 0.25) is 0 Å². The molecule has 256 valence electrons. The van der Waals surface area contributed by atoms with Gasteiger partial charge in [-0.05, 0) is 69.3 Å². The average molecular weight is 755 g/mol.